The number of urea groups is 1. The lowest BCUT2D eigenvalue weighted by Gasteiger charge is -2.34. The van der Waals surface area contributed by atoms with Gasteiger partial charge < -0.3 is 19.7 Å². The van der Waals surface area contributed by atoms with Gasteiger partial charge in [0, 0.05) is 17.8 Å². The van der Waals surface area contributed by atoms with Crippen LogP contribution in [0.25, 0.3) is 0 Å². The van der Waals surface area contributed by atoms with Gasteiger partial charge in [-0.2, -0.15) is 0 Å². The van der Waals surface area contributed by atoms with Gasteiger partial charge >= 0.3 is 12.2 Å². The first kappa shape index (κ1) is 17.8. The van der Waals surface area contributed by atoms with Crippen molar-refractivity contribution in [2.75, 3.05) is 18.5 Å². The number of benzene rings is 1. The second kappa shape index (κ2) is 7.68. The molecule has 1 rings (SSSR count). The maximum Gasteiger partial charge on any atom is 0.513 e. The molecule has 0 aliphatic rings. The highest BCUT2D eigenvalue weighted by atomic mass is 16.7. The van der Waals surface area contributed by atoms with Crippen molar-refractivity contribution in [1.29, 1.82) is 0 Å². The van der Waals surface area contributed by atoms with Gasteiger partial charge in [0.1, 0.15) is 5.75 Å². The first-order valence-electron chi connectivity index (χ1n) is 7.31. The van der Waals surface area contributed by atoms with Gasteiger partial charge in [0.05, 0.1) is 6.61 Å². The van der Waals surface area contributed by atoms with E-state index in [2.05, 4.69) is 10.1 Å². The molecule has 0 aromatic heterocycles. The van der Waals surface area contributed by atoms with Crippen molar-refractivity contribution in [2.45, 2.75) is 40.2 Å². The predicted molar refractivity (Wildman–Crippen MR) is 85.2 cm³/mol. The zero-order valence-corrected chi connectivity index (χ0v) is 13.8. The fraction of sp³-hybridized carbons (Fsp3) is 0.500. The average Bonchev–Trinajstić information content (AvgIpc) is 2.40. The number of nitrogens with zero attached hydrogens (tertiary/aromatic N) is 1. The molecule has 0 unspecified atom stereocenters. The predicted octanol–water partition coefficient (Wildman–Crippen LogP) is 3.87. The van der Waals surface area contributed by atoms with Crippen LogP contribution in [-0.2, 0) is 4.74 Å². The number of rotatable bonds is 4. The lowest BCUT2D eigenvalue weighted by molar-refractivity contribution is 0.104. The molecule has 0 aliphatic heterocycles. The third-order valence-electron chi connectivity index (χ3n) is 2.94. The van der Waals surface area contributed by atoms with Gasteiger partial charge in [-0.05, 0) is 58.9 Å². The van der Waals surface area contributed by atoms with Gasteiger partial charge in [0.2, 0.25) is 0 Å². The van der Waals surface area contributed by atoms with E-state index >= 15 is 0 Å². The van der Waals surface area contributed by atoms with Crippen LogP contribution >= 0.6 is 0 Å². The number of hydrogen-bond donors (Lipinski definition) is 1. The van der Waals surface area contributed by atoms with Crippen LogP contribution < -0.4 is 10.1 Å². The molecular weight excluding hydrogens is 284 g/mol. The van der Waals surface area contributed by atoms with Crippen LogP contribution in [0.5, 0.6) is 5.75 Å². The van der Waals surface area contributed by atoms with Crippen molar-refractivity contribution in [3.63, 3.8) is 0 Å². The average molecular weight is 308 g/mol. The highest BCUT2D eigenvalue weighted by molar-refractivity contribution is 5.89. The van der Waals surface area contributed by atoms with Crippen LogP contribution in [0.3, 0.4) is 0 Å². The molecule has 0 spiro atoms. The van der Waals surface area contributed by atoms with Crippen LogP contribution in [0.2, 0.25) is 0 Å². The summed E-state index contributed by atoms with van der Waals surface area (Å²) in [6.45, 7) is 10.4. The molecule has 0 fully saturated rings. The van der Waals surface area contributed by atoms with E-state index in [1.807, 2.05) is 27.7 Å². The molecule has 2 amide bonds. The molecule has 6 nitrogen and oxygen atoms in total. The van der Waals surface area contributed by atoms with Gasteiger partial charge in [0.25, 0.3) is 0 Å². The van der Waals surface area contributed by atoms with Gasteiger partial charge in [-0.25, -0.2) is 9.59 Å². The molecule has 0 radical (unpaired) electrons. The van der Waals surface area contributed by atoms with E-state index in [1.165, 1.54) is 0 Å². The van der Waals surface area contributed by atoms with Crippen LogP contribution in [-0.4, -0.2) is 35.8 Å². The minimum absolute atomic E-state index is 0.172. The first-order valence-corrected chi connectivity index (χ1v) is 7.31. The number of ether oxygens (including phenoxy) is 2. The molecule has 122 valence electrons. The standard InChI is InChI=1S/C16H24N2O4/c1-6-18(16(3,4)5)14(19)17-12-8-10-13(11-9-12)22-15(20)21-7-2/h8-11H,6-7H2,1-5H3,(H,17,19). The van der Waals surface area contributed by atoms with E-state index in [4.69, 9.17) is 4.74 Å². The minimum atomic E-state index is -0.746. The van der Waals surface area contributed by atoms with Crippen LogP contribution in [0, 0.1) is 0 Å². The van der Waals surface area contributed by atoms with Crippen molar-refractivity contribution < 1.29 is 19.1 Å². The van der Waals surface area contributed by atoms with Crippen LogP contribution in [0.1, 0.15) is 34.6 Å². The van der Waals surface area contributed by atoms with E-state index in [9.17, 15) is 9.59 Å². The Morgan fingerprint density at radius 3 is 2.18 bits per heavy atom. The SMILES string of the molecule is CCOC(=O)Oc1ccc(NC(=O)N(CC)C(C)(C)C)cc1. The van der Waals surface area contributed by atoms with E-state index in [1.54, 1.807) is 36.1 Å². The molecular formula is C16H24N2O4. The maximum absolute atomic E-state index is 12.2. The highest BCUT2D eigenvalue weighted by Gasteiger charge is 2.24. The maximum atomic E-state index is 12.2. The second-order valence-electron chi connectivity index (χ2n) is 5.65. The summed E-state index contributed by atoms with van der Waals surface area (Å²) in [4.78, 5) is 25.2. The summed E-state index contributed by atoms with van der Waals surface area (Å²) in [6.07, 6.45) is -0.746. The Morgan fingerprint density at radius 2 is 1.73 bits per heavy atom. The Kier molecular flexibility index (Phi) is 6.22. The van der Waals surface area contributed by atoms with Crippen molar-refractivity contribution in [2.24, 2.45) is 0 Å². The number of amides is 2. The summed E-state index contributed by atoms with van der Waals surface area (Å²) in [6, 6.07) is 6.36. The van der Waals surface area contributed by atoms with E-state index in [0.717, 1.165) is 0 Å². The number of anilines is 1. The fourth-order valence-corrected chi connectivity index (χ4v) is 1.96. The summed E-state index contributed by atoms with van der Waals surface area (Å²) in [5.74, 6) is 0.361. The van der Waals surface area contributed by atoms with Crippen LogP contribution in [0.15, 0.2) is 24.3 Å². The Bertz CT molecular complexity index is 506. The normalized spacial score (nSPS) is 10.8. The zero-order chi connectivity index (χ0) is 16.8. The zero-order valence-electron chi connectivity index (χ0n) is 13.8. The largest absolute Gasteiger partial charge is 0.513 e. The fourth-order valence-electron chi connectivity index (χ4n) is 1.96. The molecule has 6 heteroatoms. The second-order valence-corrected chi connectivity index (χ2v) is 5.65. The van der Waals surface area contributed by atoms with Crippen LogP contribution in [0.4, 0.5) is 15.3 Å². The first-order chi connectivity index (χ1) is 10.3. The number of nitrogens with one attached hydrogen (secondary N) is 1. The summed E-state index contributed by atoms with van der Waals surface area (Å²) < 4.78 is 9.64. The van der Waals surface area contributed by atoms with Crippen molar-refractivity contribution in [1.82, 2.24) is 4.90 Å². The lowest BCUT2D eigenvalue weighted by Crippen LogP contribution is -2.47. The molecule has 22 heavy (non-hydrogen) atoms. The Balaban J connectivity index is 2.67. The molecule has 0 bridgehead atoms. The summed E-state index contributed by atoms with van der Waals surface area (Å²) in [7, 11) is 0. The third kappa shape index (κ3) is 5.27. The molecule has 1 N–H and O–H groups in total. The molecule has 1 aromatic rings. The quantitative estimate of drug-likeness (QED) is 0.677. The summed E-state index contributed by atoms with van der Waals surface area (Å²) in [5, 5.41) is 2.82. The molecule has 0 saturated carbocycles. The van der Waals surface area contributed by atoms with E-state index in [-0.39, 0.29) is 18.2 Å². The Hall–Kier alpha value is -2.24. The number of carbonyl (C=O) groups is 2. The van der Waals surface area contributed by atoms with Gasteiger partial charge in [-0.1, -0.05) is 0 Å². The van der Waals surface area contributed by atoms with E-state index < -0.39 is 6.16 Å². The highest BCUT2D eigenvalue weighted by Crippen LogP contribution is 2.19. The summed E-state index contributed by atoms with van der Waals surface area (Å²) >= 11 is 0. The Labute approximate surface area is 131 Å². The molecule has 0 saturated heterocycles. The number of hydrogen-bond acceptors (Lipinski definition) is 4. The van der Waals surface area contributed by atoms with Gasteiger partial charge in [-0.3, -0.25) is 0 Å². The minimum Gasteiger partial charge on any atom is -0.434 e. The van der Waals surface area contributed by atoms with E-state index in [0.29, 0.717) is 18.0 Å². The van der Waals surface area contributed by atoms with Gasteiger partial charge in [-0.15, -0.1) is 0 Å². The molecule has 0 aliphatic carbocycles. The van der Waals surface area contributed by atoms with Crippen molar-refractivity contribution in [3.05, 3.63) is 24.3 Å². The Morgan fingerprint density at radius 1 is 1.14 bits per heavy atom. The molecule has 0 heterocycles. The third-order valence-corrected chi connectivity index (χ3v) is 2.94. The van der Waals surface area contributed by atoms with Crippen molar-refractivity contribution in [3.8, 4) is 5.75 Å². The molecule has 0 atom stereocenters. The van der Waals surface area contributed by atoms with Crippen molar-refractivity contribution >= 4 is 17.9 Å². The lowest BCUT2D eigenvalue weighted by atomic mass is 10.1. The topological polar surface area (TPSA) is 67.9 Å². The van der Waals surface area contributed by atoms with Gasteiger partial charge in [0.15, 0.2) is 0 Å². The summed E-state index contributed by atoms with van der Waals surface area (Å²) in [5.41, 5.74) is 0.370. The molecule has 1 aromatic carbocycles. The monoisotopic (exact) mass is 308 g/mol. The number of carbonyl (C=O) groups excluding carboxylic acids is 2. The smallest absolute Gasteiger partial charge is 0.434 e.